The number of nitrogens with zero attached hydrogens (tertiary/aromatic N) is 6. The van der Waals surface area contributed by atoms with Gasteiger partial charge in [0.05, 0.1) is 35.6 Å². The van der Waals surface area contributed by atoms with Crippen LogP contribution in [0.2, 0.25) is 0 Å². The molecule has 0 radical (unpaired) electrons. The average Bonchev–Trinajstić information content (AvgIpc) is 3.58. The van der Waals surface area contributed by atoms with Crippen molar-refractivity contribution in [2.45, 2.75) is 82.5 Å². The lowest BCUT2D eigenvalue weighted by Gasteiger charge is -2.35. The van der Waals surface area contributed by atoms with Crippen molar-refractivity contribution in [3.8, 4) is 0 Å². The lowest BCUT2D eigenvalue weighted by molar-refractivity contribution is -0.144. The molecule has 178 valence electrons. The van der Waals surface area contributed by atoms with Crippen LogP contribution in [-0.2, 0) is 22.2 Å². The number of aliphatic hydroxyl groups excluding tert-OH is 1. The molecular formula is C23H33N7O3. The molecule has 3 heterocycles. The number of hydrogen-bond acceptors (Lipinski definition) is 6. The Labute approximate surface area is 193 Å². The van der Waals surface area contributed by atoms with Crippen molar-refractivity contribution in [2.24, 2.45) is 12.5 Å². The van der Waals surface area contributed by atoms with E-state index in [1.54, 1.807) is 17.2 Å². The number of rotatable bonds is 6. The molecule has 0 spiro atoms. The van der Waals surface area contributed by atoms with E-state index in [2.05, 4.69) is 20.6 Å². The topological polar surface area (TPSA) is 118 Å². The number of imidazole rings is 1. The zero-order valence-electron chi connectivity index (χ0n) is 19.7. The zero-order chi connectivity index (χ0) is 23.5. The van der Waals surface area contributed by atoms with Crippen molar-refractivity contribution < 1.29 is 14.7 Å². The number of β-amino-alcohol motifs (C(OH)–C–C–N with tert-alkyl or cyclic N) is 1. The van der Waals surface area contributed by atoms with E-state index in [4.69, 9.17) is 0 Å². The van der Waals surface area contributed by atoms with Crippen molar-refractivity contribution in [1.29, 1.82) is 0 Å². The van der Waals surface area contributed by atoms with Crippen molar-refractivity contribution in [3.63, 3.8) is 0 Å². The smallest absolute Gasteiger partial charge is 0.248 e. The summed E-state index contributed by atoms with van der Waals surface area (Å²) in [6, 6.07) is -1.35. The van der Waals surface area contributed by atoms with Gasteiger partial charge in [-0.1, -0.05) is 26.0 Å². The first kappa shape index (κ1) is 22.1. The molecule has 33 heavy (non-hydrogen) atoms. The Hall–Kier alpha value is -2.75. The van der Waals surface area contributed by atoms with Gasteiger partial charge in [0.15, 0.2) is 0 Å². The van der Waals surface area contributed by atoms with Gasteiger partial charge in [0.1, 0.15) is 12.1 Å². The predicted octanol–water partition coefficient (Wildman–Crippen LogP) is 1.24. The van der Waals surface area contributed by atoms with E-state index in [9.17, 15) is 14.7 Å². The number of hydrogen-bond donors (Lipinski definition) is 2. The number of aryl methyl sites for hydroxylation is 1. The lowest BCUT2D eigenvalue weighted by Crippen LogP contribution is -2.52. The van der Waals surface area contributed by atoms with Crippen molar-refractivity contribution >= 4 is 11.8 Å². The second-order valence-corrected chi connectivity index (χ2v) is 11.0. The molecule has 0 bridgehead atoms. The largest absolute Gasteiger partial charge is 0.391 e. The summed E-state index contributed by atoms with van der Waals surface area (Å²) in [6.07, 6.45) is 8.71. The second kappa shape index (κ2) is 7.65. The minimum absolute atomic E-state index is 0.131. The van der Waals surface area contributed by atoms with Gasteiger partial charge in [0, 0.05) is 32.1 Å². The maximum atomic E-state index is 13.8. The third-order valence-electron chi connectivity index (χ3n) is 7.13. The summed E-state index contributed by atoms with van der Waals surface area (Å²) in [4.78, 5) is 33.0. The Bertz CT molecular complexity index is 1060. The molecule has 2 aromatic heterocycles. The lowest BCUT2D eigenvalue weighted by atomic mass is 9.85. The van der Waals surface area contributed by atoms with Crippen LogP contribution in [0.25, 0.3) is 0 Å². The molecule has 3 aliphatic rings. The molecule has 3 fully saturated rings. The summed E-state index contributed by atoms with van der Waals surface area (Å²) in [5, 5.41) is 22.2. The van der Waals surface area contributed by atoms with Gasteiger partial charge in [-0.15, -0.1) is 5.10 Å². The standard InChI is InChI=1S/C23H33N7O3/c1-22(2,3)19(30-12-16(26-27-30)14-5-6-14)21(33)29-11-15(31)9-17(29)20(32)25-23(7-8-23)18-10-24-13-28(18)4/h10,12-15,17,19,31H,5-9,11H2,1-4H3,(H,25,32)/t15-,17+,19-/m1/s1. The number of likely N-dealkylation sites (tertiary alicyclic amines) is 1. The molecule has 1 saturated heterocycles. The molecule has 10 nitrogen and oxygen atoms in total. The van der Waals surface area contributed by atoms with Gasteiger partial charge in [0.25, 0.3) is 0 Å². The summed E-state index contributed by atoms with van der Waals surface area (Å²) in [7, 11) is 1.91. The van der Waals surface area contributed by atoms with E-state index >= 15 is 0 Å². The molecule has 0 unspecified atom stereocenters. The van der Waals surface area contributed by atoms with Crippen LogP contribution in [0.4, 0.5) is 0 Å². The highest BCUT2D eigenvalue weighted by molar-refractivity contribution is 5.90. The van der Waals surface area contributed by atoms with Crippen LogP contribution in [0, 0.1) is 5.41 Å². The molecule has 2 amide bonds. The number of amides is 2. The third kappa shape index (κ3) is 4.05. The number of aromatic nitrogens is 5. The van der Waals surface area contributed by atoms with E-state index in [0.29, 0.717) is 5.92 Å². The molecule has 5 rings (SSSR count). The summed E-state index contributed by atoms with van der Waals surface area (Å²) in [5.74, 6) is -0.0105. The highest BCUT2D eigenvalue weighted by Gasteiger charge is 2.51. The maximum absolute atomic E-state index is 13.8. The summed E-state index contributed by atoms with van der Waals surface area (Å²) >= 11 is 0. The second-order valence-electron chi connectivity index (χ2n) is 11.0. The van der Waals surface area contributed by atoms with Crippen LogP contribution in [0.1, 0.15) is 76.2 Å². The van der Waals surface area contributed by atoms with Crippen molar-refractivity contribution in [2.75, 3.05) is 6.54 Å². The molecule has 2 saturated carbocycles. The van der Waals surface area contributed by atoms with E-state index in [0.717, 1.165) is 37.1 Å². The van der Waals surface area contributed by atoms with Gasteiger partial charge in [-0.2, -0.15) is 0 Å². The Kier molecular flexibility index (Phi) is 5.11. The van der Waals surface area contributed by atoms with Gasteiger partial charge in [-0.3, -0.25) is 9.59 Å². The van der Waals surface area contributed by atoms with E-state index < -0.39 is 29.1 Å². The number of nitrogens with one attached hydrogen (secondary N) is 1. The van der Waals surface area contributed by atoms with E-state index in [1.807, 2.05) is 38.6 Å². The normalized spacial score (nSPS) is 25.2. The molecule has 1 aliphatic heterocycles. The average molecular weight is 456 g/mol. The van der Waals surface area contributed by atoms with Crippen molar-refractivity contribution in [1.82, 2.24) is 34.8 Å². The Morgan fingerprint density at radius 2 is 2.00 bits per heavy atom. The molecule has 2 N–H and O–H groups in total. The highest BCUT2D eigenvalue weighted by atomic mass is 16.3. The van der Waals surface area contributed by atoms with Gasteiger partial charge in [0.2, 0.25) is 11.8 Å². The maximum Gasteiger partial charge on any atom is 0.248 e. The quantitative estimate of drug-likeness (QED) is 0.677. The zero-order valence-corrected chi connectivity index (χ0v) is 19.7. The number of aliphatic hydroxyl groups is 1. The van der Waals surface area contributed by atoms with Gasteiger partial charge >= 0.3 is 0 Å². The highest BCUT2D eigenvalue weighted by Crippen LogP contribution is 2.45. The van der Waals surface area contributed by atoms with E-state index in [-0.39, 0.29) is 24.8 Å². The summed E-state index contributed by atoms with van der Waals surface area (Å²) in [6.45, 7) is 6.08. The Balaban J connectivity index is 1.38. The van der Waals surface area contributed by atoms with Gasteiger partial charge < -0.3 is 19.9 Å². The molecule has 3 atom stereocenters. The van der Waals surface area contributed by atoms with Crippen LogP contribution in [0.3, 0.4) is 0 Å². The predicted molar refractivity (Wildman–Crippen MR) is 119 cm³/mol. The van der Waals surface area contributed by atoms with Gasteiger partial charge in [-0.25, -0.2) is 9.67 Å². The fourth-order valence-corrected chi connectivity index (χ4v) is 5.03. The molecule has 2 aromatic rings. The fourth-order valence-electron chi connectivity index (χ4n) is 5.03. The van der Waals surface area contributed by atoms with Crippen LogP contribution in [-0.4, -0.2) is 65.1 Å². The first-order valence-corrected chi connectivity index (χ1v) is 11.8. The van der Waals surface area contributed by atoms with Gasteiger partial charge in [-0.05, 0) is 31.1 Å². The molecule has 2 aliphatic carbocycles. The summed E-state index contributed by atoms with van der Waals surface area (Å²) < 4.78 is 3.56. The minimum atomic E-state index is -0.741. The van der Waals surface area contributed by atoms with Crippen LogP contribution in [0.15, 0.2) is 18.7 Å². The Morgan fingerprint density at radius 1 is 1.27 bits per heavy atom. The monoisotopic (exact) mass is 455 g/mol. The molecule has 0 aromatic carbocycles. The fraction of sp³-hybridized carbons (Fsp3) is 0.696. The third-order valence-corrected chi connectivity index (χ3v) is 7.13. The number of carbonyl (C=O) groups excluding carboxylic acids is 2. The number of carbonyl (C=O) groups is 2. The van der Waals surface area contributed by atoms with Crippen LogP contribution < -0.4 is 5.32 Å². The minimum Gasteiger partial charge on any atom is -0.391 e. The van der Waals surface area contributed by atoms with Crippen LogP contribution >= 0.6 is 0 Å². The first-order chi connectivity index (χ1) is 15.6. The SMILES string of the molecule is Cn1cncc1C1(NC(=O)[C@@H]2C[C@@H](O)CN2C(=O)[C@@H](n2cc(C3CC3)nn2)C(C)(C)C)CC1. The first-order valence-electron chi connectivity index (χ1n) is 11.8. The van der Waals surface area contributed by atoms with E-state index in [1.165, 1.54) is 4.90 Å². The van der Waals surface area contributed by atoms with Crippen LogP contribution in [0.5, 0.6) is 0 Å². The summed E-state index contributed by atoms with van der Waals surface area (Å²) in [5.41, 5.74) is 0.973. The van der Waals surface area contributed by atoms with Crippen molar-refractivity contribution in [3.05, 3.63) is 30.1 Å². The molecule has 10 heteroatoms. The molecular weight excluding hydrogens is 422 g/mol. The Morgan fingerprint density at radius 3 is 2.58 bits per heavy atom.